The molecule has 8 heteroatoms. The summed E-state index contributed by atoms with van der Waals surface area (Å²) in [6, 6.07) is 10.1. The second kappa shape index (κ2) is 10.4. The van der Waals surface area contributed by atoms with E-state index < -0.39 is 5.60 Å². The predicted octanol–water partition coefficient (Wildman–Crippen LogP) is 3.37. The van der Waals surface area contributed by atoms with Crippen LogP contribution in [0.15, 0.2) is 50.6 Å². The summed E-state index contributed by atoms with van der Waals surface area (Å²) < 4.78 is 5.28. The third-order valence-electron chi connectivity index (χ3n) is 4.72. The van der Waals surface area contributed by atoms with Gasteiger partial charge in [-0.3, -0.25) is 0 Å². The number of aromatic nitrogens is 2. The molecule has 0 radical (unpaired) electrons. The van der Waals surface area contributed by atoms with Crippen LogP contribution in [0.25, 0.3) is 11.5 Å². The number of benzene rings is 1. The van der Waals surface area contributed by atoms with Gasteiger partial charge in [-0.05, 0) is 60.4 Å². The molecular formula is C22H29N5O2S. The molecule has 0 fully saturated rings. The zero-order valence-electron chi connectivity index (χ0n) is 17.7. The predicted molar refractivity (Wildman–Crippen MR) is 121 cm³/mol. The van der Waals surface area contributed by atoms with Crippen LogP contribution in [0, 0.1) is 0 Å². The summed E-state index contributed by atoms with van der Waals surface area (Å²) in [6.07, 6.45) is 1.60. The van der Waals surface area contributed by atoms with Crippen molar-refractivity contribution in [3.63, 3.8) is 0 Å². The van der Waals surface area contributed by atoms with Crippen molar-refractivity contribution in [3.8, 4) is 11.5 Å². The quantitative estimate of drug-likeness (QED) is 0.358. The molecule has 0 saturated carbocycles. The second-order valence-electron chi connectivity index (χ2n) is 7.22. The Labute approximate surface area is 181 Å². The first kappa shape index (κ1) is 22.0. The van der Waals surface area contributed by atoms with Gasteiger partial charge in [-0.15, -0.1) is 0 Å². The molecule has 160 valence electrons. The highest BCUT2D eigenvalue weighted by atomic mass is 32.1. The molecule has 0 aliphatic rings. The first-order valence-electron chi connectivity index (χ1n) is 10.2. The number of aliphatic imine (C=N–C) groups is 1. The lowest BCUT2D eigenvalue weighted by molar-refractivity contribution is 0.0677. The van der Waals surface area contributed by atoms with Crippen LogP contribution in [-0.2, 0) is 18.4 Å². The monoisotopic (exact) mass is 427 g/mol. The molecule has 0 saturated heterocycles. The minimum Gasteiger partial charge on any atom is -0.383 e. The number of nitrogens with zero attached hydrogens (tertiary/aromatic N) is 3. The maximum atomic E-state index is 10.7. The number of rotatable bonds is 9. The first-order chi connectivity index (χ1) is 14.5. The molecule has 2 aromatic heterocycles. The van der Waals surface area contributed by atoms with E-state index in [1.807, 2.05) is 42.8 Å². The highest BCUT2D eigenvalue weighted by molar-refractivity contribution is 7.08. The lowest BCUT2D eigenvalue weighted by atomic mass is 10.00. The van der Waals surface area contributed by atoms with Gasteiger partial charge in [0, 0.05) is 25.1 Å². The van der Waals surface area contributed by atoms with Crippen molar-refractivity contribution in [1.29, 1.82) is 0 Å². The van der Waals surface area contributed by atoms with E-state index in [2.05, 4.69) is 37.9 Å². The van der Waals surface area contributed by atoms with Crippen molar-refractivity contribution in [2.24, 2.45) is 4.99 Å². The molecule has 0 aliphatic carbocycles. The van der Waals surface area contributed by atoms with E-state index in [0.29, 0.717) is 17.7 Å². The van der Waals surface area contributed by atoms with Crippen LogP contribution in [0.1, 0.15) is 37.7 Å². The molecule has 0 bridgehead atoms. The fourth-order valence-corrected chi connectivity index (χ4v) is 3.67. The molecule has 1 unspecified atom stereocenters. The number of hydrogen-bond acceptors (Lipinski definition) is 6. The summed E-state index contributed by atoms with van der Waals surface area (Å²) in [5.41, 5.74) is 2.02. The Morgan fingerprint density at radius 1 is 1.20 bits per heavy atom. The summed E-state index contributed by atoms with van der Waals surface area (Å²) >= 11 is 1.57. The van der Waals surface area contributed by atoms with Crippen LogP contribution < -0.4 is 10.6 Å². The van der Waals surface area contributed by atoms with Crippen LogP contribution in [-0.4, -0.2) is 40.8 Å². The van der Waals surface area contributed by atoms with Crippen molar-refractivity contribution >= 4 is 17.3 Å². The SMILES string of the molecule is CCNC(=NCC(C)(O)c1ccsc1)NCCc1ccc(-c2nc(CC)no2)cc1. The smallest absolute Gasteiger partial charge is 0.257 e. The summed E-state index contributed by atoms with van der Waals surface area (Å²) in [5.74, 6) is 1.96. The van der Waals surface area contributed by atoms with Crippen molar-refractivity contribution in [1.82, 2.24) is 20.8 Å². The van der Waals surface area contributed by atoms with Gasteiger partial charge in [0.05, 0.1) is 6.54 Å². The largest absolute Gasteiger partial charge is 0.383 e. The number of nitrogens with one attached hydrogen (secondary N) is 2. The van der Waals surface area contributed by atoms with Crippen molar-refractivity contribution in [3.05, 3.63) is 58.0 Å². The van der Waals surface area contributed by atoms with Crippen molar-refractivity contribution in [2.75, 3.05) is 19.6 Å². The van der Waals surface area contributed by atoms with Crippen LogP contribution in [0.2, 0.25) is 0 Å². The van der Waals surface area contributed by atoms with E-state index in [1.54, 1.807) is 18.3 Å². The molecule has 1 aromatic carbocycles. The lowest BCUT2D eigenvalue weighted by Crippen LogP contribution is -2.39. The van der Waals surface area contributed by atoms with Gasteiger partial charge in [0.1, 0.15) is 5.60 Å². The summed E-state index contributed by atoms with van der Waals surface area (Å²) in [7, 11) is 0. The average molecular weight is 428 g/mol. The molecule has 2 heterocycles. The molecule has 3 rings (SSSR count). The third-order valence-corrected chi connectivity index (χ3v) is 5.41. The number of aliphatic hydroxyl groups is 1. The van der Waals surface area contributed by atoms with E-state index in [1.165, 1.54) is 5.56 Å². The number of hydrogen-bond donors (Lipinski definition) is 3. The van der Waals surface area contributed by atoms with Crippen LogP contribution in [0.5, 0.6) is 0 Å². The highest BCUT2D eigenvalue weighted by Gasteiger charge is 2.23. The summed E-state index contributed by atoms with van der Waals surface area (Å²) in [6.45, 7) is 7.58. The lowest BCUT2D eigenvalue weighted by Gasteiger charge is -2.21. The highest BCUT2D eigenvalue weighted by Crippen LogP contribution is 2.23. The molecule has 1 atom stereocenters. The van der Waals surface area contributed by atoms with Gasteiger partial charge in [-0.1, -0.05) is 24.2 Å². The molecular weight excluding hydrogens is 398 g/mol. The number of aryl methyl sites for hydroxylation is 1. The zero-order valence-corrected chi connectivity index (χ0v) is 18.5. The van der Waals surface area contributed by atoms with Gasteiger partial charge in [-0.25, -0.2) is 4.99 Å². The Morgan fingerprint density at radius 2 is 2.00 bits per heavy atom. The Bertz CT molecular complexity index is 933. The van der Waals surface area contributed by atoms with E-state index in [9.17, 15) is 5.11 Å². The first-order valence-corrected chi connectivity index (χ1v) is 11.1. The number of guanidine groups is 1. The Balaban J connectivity index is 1.53. The normalized spacial score (nSPS) is 13.8. The van der Waals surface area contributed by atoms with Gasteiger partial charge >= 0.3 is 0 Å². The van der Waals surface area contributed by atoms with E-state index in [4.69, 9.17) is 4.52 Å². The maximum Gasteiger partial charge on any atom is 0.257 e. The van der Waals surface area contributed by atoms with Crippen LogP contribution in [0.4, 0.5) is 0 Å². The maximum absolute atomic E-state index is 10.7. The standard InChI is InChI=1S/C22H29N5O2S/c1-4-19-26-20(29-27-19)17-8-6-16(7-9-17)10-12-24-21(23-5-2)25-15-22(3,28)18-11-13-30-14-18/h6-9,11,13-14,28H,4-5,10,12,15H2,1-3H3,(H2,23,24,25). The molecule has 3 aromatic rings. The summed E-state index contributed by atoms with van der Waals surface area (Å²) in [5, 5.41) is 25.1. The van der Waals surface area contributed by atoms with Gasteiger partial charge in [0.15, 0.2) is 11.8 Å². The molecule has 30 heavy (non-hydrogen) atoms. The minimum atomic E-state index is -0.982. The average Bonchev–Trinajstić information content (AvgIpc) is 3.45. The van der Waals surface area contributed by atoms with Gasteiger partial charge < -0.3 is 20.3 Å². The topological polar surface area (TPSA) is 95.6 Å². The Kier molecular flexibility index (Phi) is 7.59. The Hall–Kier alpha value is -2.71. The van der Waals surface area contributed by atoms with Gasteiger partial charge in [0.25, 0.3) is 5.89 Å². The minimum absolute atomic E-state index is 0.289. The Morgan fingerprint density at radius 3 is 2.63 bits per heavy atom. The zero-order chi connectivity index (χ0) is 21.4. The number of thiophene rings is 1. The van der Waals surface area contributed by atoms with Gasteiger partial charge in [0.2, 0.25) is 0 Å². The van der Waals surface area contributed by atoms with Crippen LogP contribution >= 0.6 is 11.3 Å². The third kappa shape index (κ3) is 5.90. The molecule has 0 amide bonds. The van der Waals surface area contributed by atoms with Crippen molar-refractivity contribution in [2.45, 2.75) is 39.2 Å². The fraction of sp³-hybridized carbons (Fsp3) is 0.409. The fourth-order valence-electron chi connectivity index (χ4n) is 2.89. The molecule has 0 spiro atoms. The van der Waals surface area contributed by atoms with E-state index in [-0.39, 0.29) is 6.54 Å². The molecule has 7 nitrogen and oxygen atoms in total. The van der Waals surface area contributed by atoms with Gasteiger partial charge in [-0.2, -0.15) is 16.3 Å². The molecule has 3 N–H and O–H groups in total. The summed E-state index contributed by atoms with van der Waals surface area (Å²) in [4.78, 5) is 8.92. The van der Waals surface area contributed by atoms with E-state index >= 15 is 0 Å². The molecule has 0 aliphatic heterocycles. The van der Waals surface area contributed by atoms with Crippen LogP contribution in [0.3, 0.4) is 0 Å². The van der Waals surface area contributed by atoms with E-state index in [0.717, 1.165) is 37.1 Å². The van der Waals surface area contributed by atoms with Crippen molar-refractivity contribution < 1.29 is 9.63 Å². The second-order valence-corrected chi connectivity index (χ2v) is 8.00.